The van der Waals surface area contributed by atoms with E-state index in [1.807, 2.05) is 17.5 Å². The molecule has 88 valence electrons. The summed E-state index contributed by atoms with van der Waals surface area (Å²) in [4.78, 5) is 10.7. The molecule has 0 aliphatic carbocycles. The number of aromatic nitrogens is 2. The molecule has 4 N–H and O–H groups in total. The first-order chi connectivity index (χ1) is 8.24. The van der Waals surface area contributed by atoms with Crippen molar-refractivity contribution in [1.29, 1.82) is 0 Å². The molecule has 7 heteroatoms. The molecule has 17 heavy (non-hydrogen) atoms. The van der Waals surface area contributed by atoms with E-state index in [0.717, 1.165) is 11.4 Å². The molecule has 0 aliphatic rings. The van der Waals surface area contributed by atoms with Crippen molar-refractivity contribution >= 4 is 28.9 Å². The molecule has 1 heterocycles. The Morgan fingerprint density at radius 1 is 1.41 bits per heavy atom. The van der Waals surface area contributed by atoms with E-state index < -0.39 is 6.03 Å². The smallest absolute Gasteiger partial charge is 0.316 e. The van der Waals surface area contributed by atoms with Crippen LogP contribution in [0.4, 0.5) is 16.2 Å². The highest BCUT2D eigenvalue weighted by molar-refractivity contribution is 7.03. The molecule has 0 unspecified atom stereocenters. The number of nitrogens with two attached hydrogens (primary N) is 1. The Hall–Kier alpha value is -2.15. The van der Waals surface area contributed by atoms with Gasteiger partial charge in [-0.2, -0.15) is 0 Å². The SMILES string of the molecule is NC(=O)Nc1cccc(NCc2csnn2)c1. The maximum Gasteiger partial charge on any atom is 0.316 e. The van der Waals surface area contributed by atoms with Gasteiger partial charge in [0, 0.05) is 16.8 Å². The second-order valence-electron chi connectivity index (χ2n) is 3.32. The van der Waals surface area contributed by atoms with E-state index in [1.165, 1.54) is 11.5 Å². The van der Waals surface area contributed by atoms with Gasteiger partial charge in [-0.15, -0.1) is 5.10 Å². The summed E-state index contributed by atoms with van der Waals surface area (Å²) in [7, 11) is 0. The molecule has 1 aromatic carbocycles. The maximum absolute atomic E-state index is 10.7. The van der Waals surface area contributed by atoms with Crippen molar-refractivity contribution in [3.63, 3.8) is 0 Å². The average Bonchev–Trinajstić information content (AvgIpc) is 2.79. The van der Waals surface area contributed by atoms with Crippen LogP contribution in [-0.4, -0.2) is 15.6 Å². The van der Waals surface area contributed by atoms with E-state index in [4.69, 9.17) is 5.73 Å². The van der Waals surface area contributed by atoms with Crippen molar-refractivity contribution in [3.8, 4) is 0 Å². The number of hydrogen-bond donors (Lipinski definition) is 3. The Kier molecular flexibility index (Phi) is 3.51. The minimum absolute atomic E-state index is 0.578. The van der Waals surface area contributed by atoms with Crippen molar-refractivity contribution in [2.45, 2.75) is 6.54 Å². The first-order valence-electron chi connectivity index (χ1n) is 4.90. The van der Waals surface area contributed by atoms with Crippen molar-refractivity contribution < 1.29 is 4.79 Å². The molecule has 0 radical (unpaired) electrons. The number of anilines is 2. The number of primary amides is 1. The summed E-state index contributed by atoms with van der Waals surface area (Å²) in [5.41, 5.74) is 7.45. The number of carbonyl (C=O) groups is 1. The molecule has 0 saturated heterocycles. The maximum atomic E-state index is 10.7. The van der Waals surface area contributed by atoms with Crippen molar-refractivity contribution in [2.24, 2.45) is 5.73 Å². The van der Waals surface area contributed by atoms with Gasteiger partial charge in [0.1, 0.15) is 0 Å². The van der Waals surface area contributed by atoms with E-state index in [1.54, 1.807) is 12.1 Å². The van der Waals surface area contributed by atoms with Gasteiger partial charge in [-0.05, 0) is 29.7 Å². The van der Waals surface area contributed by atoms with Crippen LogP contribution >= 0.6 is 11.5 Å². The zero-order valence-corrected chi connectivity index (χ0v) is 9.70. The molecule has 1 aromatic heterocycles. The zero-order chi connectivity index (χ0) is 12.1. The normalized spacial score (nSPS) is 9.88. The summed E-state index contributed by atoms with van der Waals surface area (Å²) in [6, 6.07) is 6.70. The quantitative estimate of drug-likeness (QED) is 0.768. The van der Waals surface area contributed by atoms with Crippen LogP contribution < -0.4 is 16.4 Å². The fourth-order valence-electron chi connectivity index (χ4n) is 1.30. The molecule has 0 fully saturated rings. The first-order valence-corrected chi connectivity index (χ1v) is 5.74. The van der Waals surface area contributed by atoms with Gasteiger partial charge in [0.2, 0.25) is 0 Å². The Labute approximate surface area is 102 Å². The summed E-state index contributed by atoms with van der Waals surface area (Å²) in [6.07, 6.45) is 0. The molecular formula is C10H11N5OS. The van der Waals surface area contributed by atoms with Crippen LogP contribution in [0.25, 0.3) is 0 Å². The lowest BCUT2D eigenvalue weighted by atomic mass is 10.2. The molecular weight excluding hydrogens is 238 g/mol. The Morgan fingerprint density at radius 3 is 2.94 bits per heavy atom. The van der Waals surface area contributed by atoms with Crippen molar-refractivity contribution in [2.75, 3.05) is 10.6 Å². The van der Waals surface area contributed by atoms with Crippen LogP contribution in [0.1, 0.15) is 5.69 Å². The Balaban J connectivity index is 1.98. The molecule has 0 atom stereocenters. The minimum atomic E-state index is -0.578. The largest absolute Gasteiger partial charge is 0.379 e. The van der Waals surface area contributed by atoms with Gasteiger partial charge < -0.3 is 16.4 Å². The lowest BCUT2D eigenvalue weighted by Crippen LogP contribution is -2.19. The van der Waals surface area contributed by atoms with Crippen LogP contribution in [0.2, 0.25) is 0 Å². The molecule has 2 amide bonds. The van der Waals surface area contributed by atoms with Gasteiger partial charge in [0.15, 0.2) is 0 Å². The summed E-state index contributed by atoms with van der Waals surface area (Å²) in [5.74, 6) is 0. The van der Waals surface area contributed by atoms with E-state index >= 15 is 0 Å². The van der Waals surface area contributed by atoms with Gasteiger partial charge in [0.25, 0.3) is 0 Å². The summed E-state index contributed by atoms with van der Waals surface area (Å²) < 4.78 is 3.77. The highest BCUT2D eigenvalue weighted by atomic mass is 32.1. The summed E-state index contributed by atoms with van der Waals surface area (Å²) in [5, 5.41) is 11.5. The fourth-order valence-corrected chi connectivity index (χ4v) is 1.75. The molecule has 0 saturated carbocycles. The number of amides is 2. The van der Waals surface area contributed by atoms with Crippen LogP contribution in [0.5, 0.6) is 0 Å². The molecule has 0 aliphatic heterocycles. The number of hydrogen-bond acceptors (Lipinski definition) is 5. The van der Waals surface area contributed by atoms with Gasteiger partial charge in [-0.1, -0.05) is 10.6 Å². The molecule has 2 aromatic rings. The summed E-state index contributed by atoms with van der Waals surface area (Å²) in [6.45, 7) is 0.594. The van der Waals surface area contributed by atoms with Gasteiger partial charge >= 0.3 is 6.03 Å². The average molecular weight is 249 g/mol. The second kappa shape index (κ2) is 5.26. The van der Waals surface area contributed by atoms with Gasteiger partial charge in [-0.3, -0.25) is 0 Å². The van der Waals surface area contributed by atoms with E-state index in [0.29, 0.717) is 12.2 Å². The highest BCUT2D eigenvalue weighted by Gasteiger charge is 1.99. The van der Waals surface area contributed by atoms with Crippen LogP contribution in [0.15, 0.2) is 29.6 Å². The number of rotatable bonds is 4. The Bertz CT molecular complexity index is 499. The van der Waals surface area contributed by atoms with Crippen LogP contribution in [0, 0.1) is 0 Å². The fraction of sp³-hybridized carbons (Fsp3) is 0.100. The van der Waals surface area contributed by atoms with E-state index in [2.05, 4.69) is 20.2 Å². The molecule has 2 rings (SSSR count). The topological polar surface area (TPSA) is 92.9 Å². The van der Waals surface area contributed by atoms with E-state index in [9.17, 15) is 4.79 Å². The standard InChI is InChI=1S/C10H11N5OS/c11-10(16)13-8-3-1-2-7(4-8)12-5-9-6-17-15-14-9/h1-4,6,12H,5H2,(H3,11,13,16). The number of carbonyl (C=O) groups excluding carboxylic acids is 1. The predicted molar refractivity (Wildman–Crippen MR) is 66.9 cm³/mol. The molecule has 0 spiro atoms. The van der Waals surface area contributed by atoms with Crippen molar-refractivity contribution in [1.82, 2.24) is 9.59 Å². The first kappa shape index (κ1) is 11.3. The van der Waals surface area contributed by atoms with Gasteiger partial charge in [0.05, 0.1) is 12.2 Å². The minimum Gasteiger partial charge on any atom is -0.379 e. The number of nitrogens with one attached hydrogen (secondary N) is 2. The van der Waals surface area contributed by atoms with Crippen LogP contribution in [0.3, 0.4) is 0 Å². The lowest BCUT2D eigenvalue weighted by Gasteiger charge is -2.06. The number of urea groups is 1. The number of benzene rings is 1. The van der Waals surface area contributed by atoms with Gasteiger partial charge in [-0.25, -0.2) is 4.79 Å². The Morgan fingerprint density at radius 2 is 2.24 bits per heavy atom. The molecule has 0 bridgehead atoms. The molecule has 6 nitrogen and oxygen atoms in total. The third-order valence-electron chi connectivity index (χ3n) is 2.01. The third kappa shape index (κ3) is 3.42. The van der Waals surface area contributed by atoms with Crippen molar-refractivity contribution in [3.05, 3.63) is 35.3 Å². The second-order valence-corrected chi connectivity index (χ2v) is 3.93. The summed E-state index contributed by atoms with van der Waals surface area (Å²) >= 11 is 1.31. The lowest BCUT2D eigenvalue weighted by molar-refractivity contribution is 0.259. The predicted octanol–water partition coefficient (Wildman–Crippen LogP) is 1.64. The highest BCUT2D eigenvalue weighted by Crippen LogP contribution is 2.15. The number of nitrogens with zero attached hydrogens (tertiary/aromatic N) is 2. The zero-order valence-electron chi connectivity index (χ0n) is 8.88. The third-order valence-corrected chi connectivity index (χ3v) is 2.56. The van der Waals surface area contributed by atoms with E-state index in [-0.39, 0.29) is 0 Å². The monoisotopic (exact) mass is 249 g/mol. The van der Waals surface area contributed by atoms with Crippen LogP contribution in [-0.2, 0) is 6.54 Å².